The fraction of sp³-hybridized carbons (Fsp3) is 0.500. The molecule has 1 nitrogen and oxygen atoms in total. The molecule has 2 rings (SSSR count). The van der Waals surface area contributed by atoms with Gasteiger partial charge in [0.2, 0.25) is 0 Å². The predicted octanol–water partition coefficient (Wildman–Crippen LogP) is 3.51. The second kappa shape index (κ2) is 5.50. The van der Waals surface area contributed by atoms with E-state index in [0.29, 0.717) is 5.92 Å². The summed E-state index contributed by atoms with van der Waals surface area (Å²) < 4.78 is 0. The van der Waals surface area contributed by atoms with Crippen LogP contribution in [0.3, 0.4) is 0 Å². The van der Waals surface area contributed by atoms with Crippen molar-refractivity contribution in [3.05, 3.63) is 47.5 Å². The summed E-state index contributed by atoms with van der Waals surface area (Å²) in [6, 6.07) is 8.61. The third kappa shape index (κ3) is 2.98. The molecule has 2 unspecified atom stereocenters. The maximum absolute atomic E-state index is 10.2. The number of aliphatic hydroxyl groups is 1. The van der Waals surface area contributed by atoms with Gasteiger partial charge in [-0.25, -0.2) is 0 Å². The van der Waals surface area contributed by atoms with Gasteiger partial charge in [0.15, 0.2) is 0 Å². The minimum Gasteiger partial charge on any atom is -0.392 e. The van der Waals surface area contributed by atoms with E-state index in [1.54, 1.807) is 0 Å². The van der Waals surface area contributed by atoms with Crippen molar-refractivity contribution in [1.29, 1.82) is 0 Å². The molecular weight excluding hydrogens is 208 g/mol. The summed E-state index contributed by atoms with van der Waals surface area (Å²) in [7, 11) is 0. The van der Waals surface area contributed by atoms with Crippen molar-refractivity contribution < 1.29 is 5.11 Å². The van der Waals surface area contributed by atoms with Crippen molar-refractivity contribution >= 4 is 0 Å². The molecule has 0 spiro atoms. The average Bonchev–Trinajstić information content (AvgIpc) is 2.38. The topological polar surface area (TPSA) is 20.2 Å². The molecule has 0 heterocycles. The lowest BCUT2D eigenvalue weighted by Gasteiger charge is -2.28. The molecule has 0 fully saturated rings. The van der Waals surface area contributed by atoms with E-state index in [9.17, 15) is 5.11 Å². The Bertz CT molecular complexity index is 394. The van der Waals surface area contributed by atoms with E-state index in [-0.39, 0.29) is 6.10 Å². The summed E-state index contributed by atoms with van der Waals surface area (Å²) in [5.41, 5.74) is 4.05. The number of hydrogen-bond acceptors (Lipinski definition) is 1. The first-order valence-corrected chi connectivity index (χ1v) is 6.62. The summed E-state index contributed by atoms with van der Waals surface area (Å²) in [4.78, 5) is 0. The highest BCUT2D eigenvalue weighted by molar-refractivity contribution is 5.29. The van der Waals surface area contributed by atoms with Gasteiger partial charge in [-0.15, -0.1) is 0 Å². The Morgan fingerprint density at radius 1 is 1.41 bits per heavy atom. The number of aliphatic hydroxyl groups excluding tert-OH is 1. The van der Waals surface area contributed by atoms with Gasteiger partial charge in [-0.3, -0.25) is 0 Å². The van der Waals surface area contributed by atoms with Crippen LogP contribution in [0.15, 0.2) is 36.4 Å². The van der Waals surface area contributed by atoms with Crippen LogP contribution < -0.4 is 0 Å². The Labute approximate surface area is 104 Å². The molecule has 1 aliphatic carbocycles. The summed E-state index contributed by atoms with van der Waals surface area (Å²) in [5.74, 6) is 0.410. The van der Waals surface area contributed by atoms with Crippen LogP contribution in [0.25, 0.3) is 0 Å². The molecule has 1 N–H and O–H groups in total. The Kier molecular flexibility index (Phi) is 4.01. The zero-order chi connectivity index (χ0) is 12.3. The molecule has 2 atom stereocenters. The first-order valence-electron chi connectivity index (χ1n) is 6.62. The van der Waals surface area contributed by atoms with E-state index < -0.39 is 0 Å². The van der Waals surface area contributed by atoms with Gasteiger partial charge in [0.05, 0.1) is 6.10 Å². The lowest BCUT2D eigenvalue weighted by molar-refractivity contribution is 0.0987. The van der Waals surface area contributed by atoms with Gasteiger partial charge in [-0.2, -0.15) is 0 Å². The van der Waals surface area contributed by atoms with E-state index in [2.05, 4.69) is 37.8 Å². The smallest absolute Gasteiger partial charge is 0.0608 e. The van der Waals surface area contributed by atoms with Gasteiger partial charge in [0.1, 0.15) is 0 Å². The molecule has 0 bridgehead atoms. The molecule has 0 aromatic heterocycles. The summed E-state index contributed by atoms with van der Waals surface area (Å²) in [6.45, 7) is 6.09. The SMILES string of the molecule is C=C(CC)CC(O)C1CCc2ccccc2C1. The van der Waals surface area contributed by atoms with Gasteiger partial charge in [0.25, 0.3) is 0 Å². The van der Waals surface area contributed by atoms with Crippen LogP contribution in [0, 0.1) is 5.92 Å². The molecule has 17 heavy (non-hydrogen) atoms. The lowest BCUT2D eigenvalue weighted by Crippen LogP contribution is -2.27. The highest BCUT2D eigenvalue weighted by Gasteiger charge is 2.24. The highest BCUT2D eigenvalue weighted by atomic mass is 16.3. The minimum atomic E-state index is -0.212. The number of benzene rings is 1. The fourth-order valence-electron chi connectivity index (χ4n) is 2.66. The monoisotopic (exact) mass is 230 g/mol. The number of rotatable bonds is 4. The fourth-order valence-corrected chi connectivity index (χ4v) is 2.66. The van der Waals surface area contributed by atoms with E-state index in [0.717, 1.165) is 37.7 Å². The Morgan fingerprint density at radius 3 is 2.82 bits per heavy atom. The third-order valence-corrected chi connectivity index (χ3v) is 3.93. The lowest BCUT2D eigenvalue weighted by atomic mass is 9.79. The molecule has 92 valence electrons. The molecule has 0 saturated heterocycles. The number of hydrogen-bond donors (Lipinski definition) is 1. The van der Waals surface area contributed by atoms with Gasteiger partial charge in [-0.05, 0) is 49.1 Å². The van der Waals surface area contributed by atoms with Crippen molar-refractivity contribution in [3.63, 3.8) is 0 Å². The van der Waals surface area contributed by atoms with Crippen LogP contribution in [0.1, 0.15) is 37.3 Å². The van der Waals surface area contributed by atoms with Crippen LogP contribution in [0.5, 0.6) is 0 Å². The summed E-state index contributed by atoms with van der Waals surface area (Å²) in [6.07, 6.45) is 4.76. The largest absolute Gasteiger partial charge is 0.392 e. The first-order chi connectivity index (χ1) is 8.20. The average molecular weight is 230 g/mol. The highest BCUT2D eigenvalue weighted by Crippen LogP contribution is 2.29. The molecule has 1 aliphatic rings. The molecule has 1 aromatic rings. The molecule has 1 aromatic carbocycles. The minimum absolute atomic E-state index is 0.212. The van der Waals surface area contributed by atoms with Crippen LogP contribution >= 0.6 is 0 Å². The van der Waals surface area contributed by atoms with Gasteiger partial charge < -0.3 is 5.11 Å². The first kappa shape index (κ1) is 12.4. The van der Waals surface area contributed by atoms with Crippen LogP contribution in [0.2, 0.25) is 0 Å². The van der Waals surface area contributed by atoms with Crippen molar-refractivity contribution in [1.82, 2.24) is 0 Å². The predicted molar refractivity (Wildman–Crippen MR) is 72.0 cm³/mol. The quantitative estimate of drug-likeness (QED) is 0.785. The Hall–Kier alpha value is -1.08. The standard InChI is InChI=1S/C16H22O/c1-3-12(2)10-16(17)15-9-8-13-6-4-5-7-14(13)11-15/h4-7,15-17H,2-3,8-11H2,1H3. The second-order valence-electron chi connectivity index (χ2n) is 5.15. The normalized spacial score (nSPS) is 20.7. The third-order valence-electron chi connectivity index (χ3n) is 3.93. The van der Waals surface area contributed by atoms with E-state index in [1.165, 1.54) is 11.1 Å². The summed E-state index contributed by atoms with van der Waals surface area (Å²) in [5, 5.41) is 10.2. The van der Waals surface area contributed by atoms with E-state index in [1.807, 2.05) is 0 Å². The van der Waals surface area contributed by atoms with Crippen LogP contribution in [-0.2, 0) is 12.8 Å². The van der Waals surface area contributed by atoms with Gasteiger partial charge in [0, 0.05) is 0 Å². The maximum atomic E-state index is 10.2. The molecule has 0 amide bonds. The zero-order valence-electron chi connectivity index (χ0n) is 10.7. The number of fused-ring (bicyclic) bond motifs is 1. The molecule has 0 saturated carbocycles. The van der Waals surface area contributed by atoms with Crippen LogP contribution in [0.4, 0.5) is 0 Å². The van der Waals surface area contributed by atoms with Crippen molar-refractivity contribution in [2.24, 2.45) is 5.92 Å². The summed E-state index contributed by atoms with van der Waals surface area (Å²) >= 11 is 0. The van der Waals surface area contributed by atoms with E-state index >= 15 is 0 Å². The van der Waals surface area contributed by atoms with E-state index in [4.69, 9.17) is 0 Å². The van der Waals surface area contributed by atoms with Crippen molar-refractivity contribution in [2.75, 3.05) is 0 Å². The van der Waals surface area contributed by atoms with Crippen LogP contribution in [-0.4, -0.2) is 11.2 Å². The molecular formula is C16H22O. The molecule has 0 radical (unpaired) electrons. The van der Waals surface area contributed by atoms with Crippen molar-refractivity contribution in [3.8, 4) is 0 Å². The van der Waals surface area contributed by atoms with Gasteiger partial charge in [-0.1, -0.05) is 43.3 Å². The Balaban J connectivity index is 2.00. The number of aryl methyl sites for hydroxylation is 1. The Morgan fingerprint density at radius 2 is 2.12 bits per heavy atom. The zero-order valence-corrected chi connectivity index (χ0v) is 10.7. The molecule has 1 heteroatoms. The molecule has 0 aliphatic heterocycles. The maximum Gasteiger partial charge on any atom is 0.0608 e. The van der Waals surface area contributed by atoms with Gasteiger partial charge >= 0.3 is 0 Å². The second-order valence-corrected chi connectivity index (χ2v) is 5.15. The van der Waals surface area contributed by atoms with Crippen molar-refractivity contribution in [2.45, 2.75) is 45.1 Å².